The molecule has 4 heteroatoms. The summed E-state index contributed by atoms with van der Waals surface area (Å²) in [5.41, 5.74) is 4.94. The molecule has 158 valence electrons. The molecule has 2 aromatic carbocycles. The Bertz CT molecular complexity index is 1080. The smallest absolute Gasteiger partial charge is 0.122 e. The van der Waals surface area contributed by atoms with Crippen molar-refractivity contribution in [3.8, 4) is 28.7 Å². The standard InChI is InChI=1S/C27H27ClN2O/c1-20-18-21(5-15-27(20)31-17-3-16-30(2)26-13-14-26)4-11-25-12-8-23(19-29-25)22-6-9-24(28)10-7-22/h5-10,12,15,18-19,26H,3,13-14,16-17H2,1-2H3. The largest absolute Gasteiger partial charge is 0.493 e. The second-order valence-electron chi connectivity index (χ2n) is 8.08. The molecule has 0 unspecified atom stereocenters. The molecule has 3 aromatic rings. The molecule has 0 saturated heterocycles. The van der Waals surface area contributed by atoms with Gasteiger partial charge in [0.2, 0.25) is 0 Å². The lowest BCUT2D eigenvalue weighted by atomic mass is 10.1. The summed E-state index contributed by atoms with van der Waals surface area (Å²) in [5.74, 6) is 7.29. The number of aryl methyl sites for hydroxylation is 1. The topological polar surface area (TPSA) is 25.4 Å². The Hall–Kier alpha value is -2.80. The molecular weight excluding hydrogens is 404 g/mol. The zero-order valence-electron chi connectivity index (χ0n) is 18.1. The van der Waals surface area contributed by atoms with Crippen LogP contribution in [0.2, 0.25) is 5.02 Å². The first-order valence-electron chi connectivity index (χ1n) is 10.8. The molecule has 1 aromatic heterocycles. The molecule has 1 aliphatic rings. The maximum atomic E-state index is 5.97. The van der Waals surface area contributed by atoms with E-state index in [1.807, 2.05) is 54.7 Å². The minimum Gasteiger partial charge on any atom is -0.493 e. The van der Waals surface area contributed by atoms with Gasteiger partial charge in [0.25, 0.3) is 0 Å². The monoisotopic (exact) mass is 430 g/mol. The first kappa shape index (κ1) is 21.4. The lowest BCUT2D eigenvalue weighted by Gasteiger charge is -2.16. The summed E-state index contributed by atoms with van der Waals surface area (Å²) < 4.78 is 5.97. The molecule has 1 fully saturated rings. The zero-order valence-corrected chi connectivity index (χ0v) is 18.8. The molecule has 31 heavy (non-hydrogen) atoms. The van der Waals surface area contributed by atoms with Crippen LogP contribution in [0.15, 0.2) is 60.8 Å². The second-order valence-corrected chi connectivity index (χ2v) is 8.52. The predicted octanol–water partition coefficient (Wildman–Crippen LogP) is 5.97. The fraction of sp³-hybridized carbons (Fsp3) is 0.296. The van der Waals surface area contributed by atoms with Gasteiger partial charge in [-0.3, -0.25) is 0 Å². The van der Waals surface area contributed by atoms with Gasteiger partial charge >= 0.3 is 0 Å². The van der Waals surface area contributed by atoms with Gasteiger partial charge in [0.15, 0.2) is 0 Å². The lowest BCUT2D eigenvalue weighted by molar-refractivity contribution is 0.257. The predicted molar refractivity (Wildman–Crippen MR) is 128 cm³/mol. The Morgan fingerprint density at radius 1 is 1.03 bits per heavy atom. The van der Waals surface area contributed by atoms with Gasteiger partial charge in [-0.25, -0.2) is 4.98 Å². The summed E-state index contributed by atoms with van der Waals surface area (Å²) in [6.07, 6.45) is 5.59. The highest BCUT2D eigenvalue weighted by atomic mass is 35.5. The fourth-order valence-corrected chi connectivity index (χ4v) is 3.63. The summed E-state index contributed by atoms with van der Waals surface area (Å²) >= 11 is 5.96. The molecule has 1 heterocycles. The normalized spacial score (nSPS) is 13.0. The highest BCUT2D eigenvalue weighted by molar-refractivity contribution is 6.30. The first-order valence-corrected chi connectivity index (χ1v) is 11.1. The van der Waals surface area contributed by atoms with Crippen molar-refractivity contribution in [2.24, 2.45) is 0 Å². The number of nitrogens with zero attached hydrogens (tertiary/aromatic N) is 2. The van der Waals surface area contributed by atoms with E-state index in [4.69, 9.17) is 16.3 Å². The molecule has 1 aliphatic carbocycles. The number of aromatic nitrogens is 1. The summed E-state index contributed by atoms with van der Waals surface area (Å²) in [6, 6.07) is 18.6. The molecule has 1 saturated carbocycles. The number of pyridine rings is 1. The van der Waals surface area contributed by atoms with Crippen LogP contribution in [0, 0.1) is 18.8 Å². The van der Waals surface area contributed by atoms with E-state index in [1.165, 1.54) is 12.8 Å². The Kier molecular flexibility index (Phi) is 6.92. The van der Waals surface area contributed by atoms with E-state index in [0.717, 1.165) is 64.3 Å². The number of hydrogen-bond acceptors (Lipinski definition) is 3. The number of benzene rings is 2. The van der Waals surface area contributed by atoms with Crippen molar-refractivity contribution < 1.29 is 4.74 Å². The number of halogens is 1. The van der Waals surface area contributed by atoms with Crippen molar-refractivity contribution in [1.29, 1.82) is 0 Å². The third-order valence-corrected chi connectivity index (χ3v) is 5.79. The summed E-state index contributed by atoms with van der Waals surface area (Å²) in [4.78, 5) is 6.91. The van der Waals surface area contributed by atoms with Gasteiger partial charge in [0.05, 0.1) is 6.61 Å². The number of hydrogen-bond donors (Lipinski definition) is 0. The Morgan fingerprint density at radius 2 is 1.81 bits per heavy atom. The van der Waals surface area contributed by atoms with E-state index < -0.39 is 0 Å². The molecular formula is C27H27ClN2O. The minimum absolute atomic E-state index is 0.729. The van der Waals surface area contributed by atoms with Gasteiger partial charge in [-0.15, -0.1) is 0 Å². The molecule has 0 aliphatic heterocycles. The van der Waals surface area contributed by atoms with Crippen molar-refractivity contribution in [1.82, 2.24) is 9.88 Å². The van der Waals surface area contributed by atoms with Crippen molar-refractivity contribution >= 4 is 11.6 Å². The molecule has 4 rings (SSSR count). The third-order valence-electron chi connectivity index (χ3n) is 5.53. The molecule has 0 radical (unpaired) electrons. The average Bonchev–Trinajstić information content (AvgIpc) is 3.63. The van der Waals surface area contributed by atoms with Crippen molar-refractivity contribution in [2.75, 3.05) is 20.2 Å². The van der Waals surface area contributed by atoms with Crippen LogP contribution in [-0.2, 0) is 0 Å². The number of ether oxygens (including phenoxy) is 1. The lowest BCUT2D eigenvalue weighted by Crippen LogP contribution is -2.23. The van der Waals surface area contributed by atoms with E-state index in [2.05, 4.69) is 41.8 Å². The van der Waals surface area contributed by atoms with E-state index in [0.29, 0.717) is 0 Å². The van der Waals surface area contributed by atoms with Gasteiger partial charge in [-0.2, -0.15) is 0 Å². The van der Waals surface area contributed by atoms with Crippen molar-refractivity contribution in [3.63, 3.8) is 0 Å². The van der Waals surface area contributed by atoms with Gasteiger partial charge in [0, 0.05) is 34.9 Å². The molecule has 0 N–H and O–H groups in total. The highest BCUT2D eigenvalue weighted by Gasteiger charge is 2.25. The molecule has 0 atom stereocenters. The van der Waals surface area contributed by atoms with Crippen LogP contribution in [0.3, 0.4) is 0 Å². The molecule has 0 bridgehead atoms. The zero-order chi connectivity index (χ0) is 21.6. The fourth-order valence-electron chi connectivity index (χ4n) is 3.50. The average molecular weight is 431 g/mol. The minimum atomic E-state index is 0.729. The van der Waals surface area contributed by atoms with Crippen LogP contribution in [0.1, 0.15) is 36.1 Å². The van der Waals surface area contributed by atoms with Crippen LogP contribution < -0.4 is 4.74 Å². The Morgan fingerprint density at radius 3 is 2.48 bits per heavy atom. The van der Waals surface area contributed by atoms with Gasteiger partial charge in [-0.1, -0.05) is 35.7 Å². The molecule has 0 spiro atoms. The van der Waals surface area contributed by atoms with E-state index in [9.17, 15) is 0 Å². The summed E-state index contributed by atoms with van der Waals surface area (Å²) in [7, 11) is 2.20. The SMILES string of the molecule is Cc1cc(C#Cc2ccc(-c3ccc(Cl)cc3)cn2)ccc1OCCCN(C)C1CC1. The van der Waals surface area contributed by atoms with Gasteiger partial charge in [-0.05, 0) is 86.7 Å². The maximum Gasteiger partial charge on any atom is 0.122 e. The van der Waals surface area contributed by atoms with Crippen molar-refractivity contribution in [3.05, 3.63) is 82.6 Å². The number of rotatable bonds is 7. The van der Waals surface area contributed by atoms with Crippen LogP contribution in [0.4, 0.5) is 0 Å². The van der Waals surface area contributed by atoms with Crippen LogP contribution >= 0.6 is 11.6 Å². The molecule has 0 amide bonds. The quantitative estimate of drug-likeness (QED) is 0.341. The van der Waals surface area contributed by atoms with Crippen LogP contribution in [-0.4, -0.2) is 36.1 Å². The van der Waals surface area contributed by atoms with E-state index in [1.54, 1.807) is 0 Å². The summed E-state index contributed by atoms with van der Waals surface area (Å²) in [5, 5.41) is 0.729. The molecule has 3 nitrogen and oxygen atoms in total. The third kappa shape index (κ3) is 6.10. The Labute approximate surface area is 190 Å². The second kappa shape index (κ2) is 10.0. The van der Waals surface area contributed by atoms with E-state index >= 15 is 0 Å². The van der Waals surface area contributed by atoms with Crippen LogP contribution in [0.25, 0.3) is 11.1 Å². The van der Waals surface area contributed by atoms with Gasteiger partial charge in [0.1, 0.15) is 11.4 Å². The maximum absolute atomic E-state index is 5.97. The van der Waals surface area contributed by atoms with Crippen LogP contribution in [0.5, 0.6) is 5.75 Å². The first-order chi connectivity index (χ1) is 15.1. The summed E-state index contributed by atoms with van der Waals surface area (Å²) in [6.45, 7) is 3.90. The van der Waals surface area contributed by atoms with E-state index in [-0.39, 0.29) is 0 Å². The van der Waals surface area contributed by atoms with Gasteiger partial charge < -0.3 is 9.64 Å². The Balaban J connectivity index is 1.33. The van der Waals surface area contributed by atoms with Crippen molar-refractivity contribution in [2.45, 2.75) is 32.2 Å². The highest BCUT2D eigenvalue weighted by Crippen LogP contribution is 2.25.